The topological polar surface area (TPSA) is 64.4 Å². The molecular weight excluding hydrogens is 306 g/mol. The Balaban J connectivity index is 2.12. The van der Waals surface area contributed by atoms with Gasteiger partial charge in [-0.05, 0) is 26.3 Å². The monoisotopic (exact) mass is 327 g/mol. The van der Waals surface area contributed by atoms with Crippen molar-refractivity contribution in [2.24, 2.45) is 0 Å². The number of piperazine rings is 1. The normalized spacial score (nSPS) is 19.3. The summed E-state index contributed by atoms with van der Waals surface area (Å²) in [5, 5.41) is 9.10. The smallest absolute Gasteiger partial charge is 0.244 e. The number of hydrogen-bond acceptors (Lipinski definition) is 5. The van der Waals surface area contributed by atoms with Crippen molar-refractivity contribution in [2.75, 3.05) is 26.2 Å². The molecule has 5 nitrogen and oxygen atoms in total. The van der Waals surface area contributed by atoms with Gasteiger partial charge in [0, 0.05) is 35.9 Å². The van der Waals surface area contributed by atoms with E-state index in [-0.39, 0.29) is 6.04 Å². The Labute approximate surface area is 130 Å². The van der Waals surface area contributed by atoms with E-state index in [9.17, 15) is 8.42 Å². The number of nitriles is 1. The van der Waals surface area contributed by atoms with Gasteiger partial charge < -0.3 is 0 Å². The van der Waals surface area contributed by atoms with Crippen LogP contribution in [0.2, 0.25) is 0 Å². The molecule has 1 atom stereocenters. The minimum Gasteiger partial charge on any atom is -0.285 e. The maximum atomic E-state index is 12.7. The molecule has 0 amide bonds. The lowest BCUT2D eigenvalue weighted by atomic mass is 10.2. The van der Waals surface area contributed by atoms with Crippen molar-refractivity contribution in [3.63, 3.8) is 0 Å². The van der Waals surface area contributed by atoms with E-state index >= 15 is 0 Å². The first-order chi connectivity index (χ1) is 9.90. The van der Waals surface area contributed by atoms with Crippen LogP contribution in [0.25, 0.3) is 0 Å². The third kappa shape index (κ3) is 3.29. The van der Waals surface area contributed by atoms with Gasteiger partial charge in [-0.3, -0.25) is 4.90 Å². The Kier molecular flexibility index (Phi) is 5.04. The lowest BCUT2D eigenvalue weighted by molar-refractivity contribution is 0.159. The summed E-state index contributed by atoms with van der Waals surface area (Å²) in [5.74, 6) is 0. The van der Waals surface area contributed by atoms with Crippen LogP contribution in [0.15, 0.2) is 11.0 Å². The largest absolute Gasteiger partial charge is 0.285 e. The van der Waals surface area contributed by atoms with Gasteiger partial charge in [0.15, 0.2) is 0 Å². The Bertz CT molecular complexity index is 638. The molecule has 1 saturated heterocycles. The second-order valence-corrected chi connectivity index (χ2v) is 8.64. The second kappa shape index (κ2) is 6.44. The molecule has 2 rings (SSSR count). The van der Waals surface area contributed by atoms with E-state index in [0.29, 0.717) is 31.1 Å². The van der Waals surface area contributed by atoms with Crippen molar-refractivity contribution in [1.82, 2.24) is 9.21 Å². The highest BCUT2D eigenvalue weighted by Crippen LogP contribution is 2.28. The number of sulfonamides is 1. The van der Waals surface area contributed by atoms with Gasteiger partial charge in [-0.2, -0.15) is 9.57 Å². The zero-order chi connectivity index (χ0) is 15.6. The van der Waals surface area contributed by atoms with Crippen molar-refractivity contribution >= 4 is 21.4 Å². The summed E-state index contributed by atoms with van der Waals surface area (Å²) in [4.78, 5) is 4.36. The molecule has 0 N–H and O–H groups in total. The van der Waals surface area contributed by atoms with Crippen molar-refractivity contribution < 1.29 is 8.42 Å². The number of nitrogens with zero attached hydrogens (tertiary/aromatic N) is 3. The molecule has 2 heterocycles. The molecule has 1 fully saturated rings. The molecule has 21 heavy (non-hydrogen) atoms. The number of rotatable bonds is 4. The van der Waals surface area contributed by atoms with Gasteiger partial charge in [0.2, 0.25) is 10.0 Å². The Morgan fingerprint density at radius 1 is 1.33 bits per heavy atom. The maximum absolute atomic E-state index is 12.7. The highest BCUT2D eigenvalue weighted by molar-refractivity contribution is 7.89. The van der Waals surface area contributed by atoms with Crippen LogP contribution in [0.5, 0.6) is 0 Å². The van der Waals surface area contributed by atoms with Crippen molar-refractivity contribution in [1.29, 1.82) is 5.26 Å². The van der Waals surface area contributed by atoms with Crippen LogP contribution in [-0.4, -0.2) is 49.8 Å². The summed E-state index contributed by atoms with van der Waals surface area (Å²) in [6.07, 6.45) is 0.770. The van der Waals surface area contributed by atoms with Crippen LogP contribution in [0.4, 0.5) is 0 Å². The van der Waals surface area contributed by atoms with Crippen molar-refractivity contribution in [2.45, 2.75) is 38.1 Å². The predicted octanol–water partition coefficient (Wildman–Crippen LogP) is 1.97. The molecular formula is C14H21N3O2S2. The van der Waals surface area contributed by atoms with Crippen LogP contribution in [-0.2, 0) is 10.0 Å². The van der Waals surface area contributed by atoms with E-state index in [1.54, 1.807) is 10.4 Å². The second-order valence-electron chi connectivity index (χ2n) is 5.27. The van der Waals surface area contributed by atoms with E-state index in [2.05, 4.69) is 11.0 Å². The SMILES string of the molecule is CCC(C#N)N1CCN(S(=O)(=O)c2cc(C)sc2C)CC1. The fraction of sp³-hybridized carbons (Fsp3) is 0.643. The standard InChI is InChI=1S/C14H21N3O2S2/c1-4-13(10-15)16-5-7-17(8-6-16)21(18,19)14-9-11(2)20-12(14)3/h9,13H,4-8H2,1-3H3. The van der Waals surface area contributed by atoms with E-state index in [1.807, 2.05) is 20.8 Å². The zero-order valence-electron chi connectivity index (χ0n) is 12.7. The van der Waals surface area contributed by atoms with Crippen LogP contribution < -0.4 is 0 Å². The summed E-state index contributed by atoms with van der Waals surface area (Å²) in [7, 11) is -3.40. The lowest BCUT2D eigenvalue weighted by Crippen LogP contribution is -2.51. The van der Waals surface area contributed by atoms with Gasteiger partial charge in [0.1, 0.15) is 0 Å². The van der Waals surface area contributed by atoms with E-state index in [1.165, 1.54) is 11.3 Å². The Hall–Kier alpha value is -0.940. The summed E-state index contributed by atoms with van der Waals surface area (Å²) >= 11 is 1.51. The van der Waals surface area contributed by atoms with Gasteiger partial charge in [-0.25, -0.2) is 8.42 Å². The average molecular weight is 327 g/mol. The predicted molar refractivity (Wildman–Crippen MR) is 83.8 cm³/mol. The highest BCUT2D eigenvalue weighted by Gasteiger charge is 2.32. The fourth-order valence-corrected chi connectivity index (χ4v) is 5.64. The number of hydrogen-bond donors (Lipinski definition) is 0. The minimum atomic E-state index is -3.40. The average Bonchev–Trinajstić information content (AvgIpc) is 2.80. The van der Waals surface area contributed by atoms with Crippen LogP contribution in [0, 0.1) is 25.2 Å². The number of aryl methyl sites for hydroxylation is 2. The van der Waals surface area contributed by atoms with E-state index < -0.39 is 10.0 Å². The quantitative estimate of drug-likeness (QED) is 0.848. The molecule has 1 aromatic heterocycles. The van der Waals surface area contributed by atoms with Gasteiger partial charge >= 0.3 is 0 Å². The van der Waals surface area contributed by atoms with Crippen molar-refractivity contribution in [3.8, 4) is 6.07 Å². The third-order valence-electron chi connectivity index (χ3n) is 3.86. The first-order valence-corrected chi connectivity index (χ1v) is 9.36. The summed E-state index contributed by atoms with van der Waals surface area (Å²) in [6.45, 7) is 7.90. The lowest BCUT2D eigenvalue weighted by Gasteiger charge is -2.35. The molecule has 1 aromatic rings. The highest BCUT2D eigenvalue weighted by atomic mass is 32.2. The van der Waals surface area contributed by atoms with Gasteiger partial charge in [0.05, 0.1) is 17.0 Å². The van der Waals surface area contributed by atoms with Gasteiger partial charge in [-0.15, -0.1) is 11.3 Å². The first kappa shape index (κ1) is 16.4. The molecule has 1 aliphatic heterocycles. The number of thiophene rings is 1. The molecule has 1 unspecified atom stereocenters. The first-order valence-electron chi connectivity index (χ1n) is 7.11. The molecule has 0 saturated carbocycles. The molecule has 116 valence electrons. The Morgan fingerprint density at radius 3 is 2.38 bits per heavy atom. The fourth-order valence-electron chi connectivity index (χ4n) is 2.69. The molecule has 7 heteroatoms. The third-order valence-corrected chi connectivity index (χ3v) is 6.98. The molecule has 0 spiro atoms. The molecule has 0 bridgehead atoms. The maximum Gasteiger partial charge on any atom is 0.244 e. The van der Waals surface area contributed by atoms with Crippen LogP contribution in [0.1, 0.15) is 23.1 Å². The zero-order valence-corrected chi connectivity index (χ0v) is 14.3. The van der Waals surface area contributed by atoms with E-state index in [0.717, 1.165) is 16.2 Å². The minimum absolute atomic E-state index is 0.111. The van der Waals surface area contributed by atoms with Crippen molar-refractivity contribution in [3.05, 3.63) is 15.8 Å². The summed E-state index contributed by atoms with van der Waals surface area (Å²) < 4.78 is 26.9. The molecule has 0 aromatic carbocycles. The molecule has 0 radical (unpaired) electrons. The molecule has 1 aliphatic rings. The summed E-state index contributed by atoms with van der Waals surface area (Å²) in [5.41, 5.74) is 0. The van der Waals surface area contributed by atoms with Gasteiger partial charge in [0.25, 0.3) is 0 Å². The molecule has 0 aliphatic carbocycles. The van der Waals surface area contributed by atoms with Crippen LogP contribution in [0.3, 0.4) is 0 Å². The van der Waals surface area contributed by atoms with Gasteiger partial charge in [-0.1, -0.05) is 6.92 Å². The Morgan fingerprint density at radius 2 is 1.95 bits per heavy atom. The van der Waals surface area contributed by atoms with Crippen LogP contribution >= 0.6 is 11.3 Å². The van der Waals surface area contributed by atoms with E-state index in [4.69, 9.17) is 5.26 Å². The summed E-state index contributed by atoms with van der Waals surface area (Å²) in [6, 6.07) is 3.92.